The van der Waals surface area contributed by atoms with Gasteiger partial charge in [0.15, 0.2) is 0 Å². The molecular weight excluding hydrogens is 278 g/mol. The molecule has 1 amide bonds. The van der Waals surface area contributed by atoms with Crippen molar-refractivity contribution in [3.63, 3.8) is 0 Å². The van der Waals surface area contributed by atoms with Crippen molar-refractivity contribution in [2.45, 2.75) is 50.7 Å². The van der Waals surface area contributed by atoms with Gasteiger partial charge in [-0.25, -0.2) is 0 Å². The third-order valence-electron chi connectivity index (χ3n) is 4.96. The highest BCUT2D eigenvalue weighted by atomic mass is 16.5. The second kappa shape index (κ2) is 5.13. The van der Waals surface area contributed by atoms with Gasteiger partial charge in [0.2, 0.25) is 0 Å². The average molecular weight is 299 g/mol. The number of benzene rings is 1. The van der Waals surface area contributed by atoms with Crippen LogP contribution in [0, 0.1) is 6.92 Å². The molecule has 2 heterocycles. The van der Waals surface area contributed by atoms with Gasteiger partial charge in [-0.1, -0.05) is 12.8 Å². The maximum atomic E-state index is 12.5. The first-order chi connectivity index (χ1) is 10.6. The third kappa shape index (κ3) is 2.41. The third-order valence-corrected chi connectivity index (χ3v) is 4.96. The fourth-order valence-corrected chi connectivity index (χ4v) is 3.89. The predicted octanol–water partition coefficient (Wildman–Crippen LogP) is 3.57. The highest BCUT2D eigenvalue weighted by Crippen LogP contribution is 2.40. The normalized spacial score (nSPS) is 23.4. The lowest BCUT2D eigenvalue weighted by atomic mass is 9.96. The van der Waals surface area contributed by atoms with E-state index in [1.54, 1.807) is 0 Å². The topological polar surface area (TPSA) is 51.5 Å². The monoisotopic (exact) mass is 299 g/mol. The molecule has 1 aromatic heterocycles. The Morgan fingerprint density at radius 3 is 2.91 bits per heavy atom. The minimum atomic E-state index is -0.0237. The highest BCUT2D eigenvalue weighted by molar-refractivity contribution is 5.98. The van der Waals surface area contributed by atoms with Gasteiger partial charge in [-0.15, -0.1) is 0 Å². The zero-order valence-electron chi connectivity index (χ0n) is 12.9. The Hall–Kier alpha value is -1.81. The van der Waals surface area contributed by atoms with E-state index in [9.17, 15) is 4.79 Å². The number of carbonyl (C=O) groups excluding carboxylic acids is 1. The summed E-state index contributed by atoms with van der Waals surface area (Å²) in [4.78, 5) is 12.5. The molecule has 1 saturated carbocycles. The van der Waals surface area contributed by atoms with Crippen LogP contribution >= 0.6 is 0 Å². The van der Waals surface area contributed by atoms with Gasteiger partial charge in [0.1, 0.15) is 11.3 Å². The van der Waals surface area contributed by atoms with E-state index in [0.29, 0.717) is 12.2 Å². The molecule has 2 aliphatic rings. The SMILES string of the molecule is Cc1cc2cc(C(=O)NC3COC4(CCCC4)C3)ccc2o1. The number of furan rings is 1. The summed E-state index contributed by atoms with van der Waals surface area (Å²) in [6.45, 7) is 2.55. The van der Waals surface area contributed by atoms with Gasteiger partial charge in [0, 0.05) is 10.9 Å². The van der Waals surface area contributed by atoms with Gasteiger partial charge in [-0.05, 0) is 50.5 Å². The van der Waals surface area contributed by atoms with E-state index in [1.165, 1.54) is 12.8 Å². The Morgan fingerprint density at radius 2 is 2.09 bits per heavy atom. The zero-order chi connectivity index (χ0) is 15.2. The van der Waals surface area contributed by atoms with Crippen LogP contribution < -0.4 is 5.32 Å². The molecule has 1 aliphatic heterocycles. The van der Waals surface area contributed by atoms with E-state index in [-0.39, 0.29) is 17.6 Å². The van der Waals surface area contributed by atoms with Crippen molar-refractivity contribution in [1.29, 1.82) is 0 Å². The summed E-state index contributed by atoms with van der Waals surface area (Å²) < 4.78 is 11.5. The van der Waals surface area contributed by atoms with Crippen LogP contribution in [0.1, 0.15) is 48.2 Å². The van der Waals surface area contributed by atoms with E-state index >= 15 is 0 Å². The minimum absolute atomic E-state index is 0.0237. The molecule has 1 N–H and O–H groups in total. The van der Waals surface area contributed by atoms with Crippen LogP contribution in [0.4, 0.5) is 0 Å². The Labute approximate surface area is 129 Å². The summed E-state index contributed by atoms with van der Waals surface area (Å²) in [7, 11) is 0. The van der Waals surface area contributed by atoms with Crippen molar-refractivity contribution in [2.24, 2.45) is 0 Å². The van der Waals surface area contributed by atoms with Crippen molar-refractivity contribution in [2.75, 3.05) is 6.61 Å². The van der Waals surface area contributed by atoms with Crippen LogP contribution in [-0.2, 0) is 4.74 Å². The molecule has 0 radical (unpaired) electrons. The van der Waals surface area contributed by atoms with Crippen molar-refractivity contribution in [3.8, 4) is 0 Å². The van der Waals surface area contributed by atoms with Crippen LogP contribution in [0.3, 0.4) is 0 Å². The summed E-state index contributed by atoms with van der Waals surface area (Å²) in [5.41, 5.74) is 1.55. The maximum absolute atomic E-state index is 12.5. The lowest BCUT2D eigenvalue weighted by Crippen LogP contribution is -2.36. The van der Waals surface area contributed by atoms with Crippen molar-refractivity contribution in [1.82, 2.24) is 5.32 Å². The second-order valence-corrected chi connectivity index (χ2v) is 6.69. The molecule has 1 atom stereocenters. The zero-order valence-corrected chi connectivity index (χ0v) is 12.9. The van der Waals surface area contributed by atoms with E-state index in [0.717, 1.165) is 36.0 Å². The minimum Gasteiger partial charge on any atom is -0.461 e. The first-order valence-corrected chi connectivity index (χ1v) is 8.09. The fourth-order valence-electron chi connectivity index (χ4n) is 3.89. The van der Waals surface area contributed by atoms with Gasteiger partial charge in [0.05, 0.1) is 18.2 Å². The van der Waals surface area contributed by atoms with Crippen LogP contribution in [-0.4, -0.2) is 24.2 Å². The van der Waals surface area contributed by atoms with E-state index in [1.807, 2.05) is 31.2 Å². The highest BCUT2D eigenvalue weighted by Gasteiger charge is 2.42. The van der Waals surface area contributed by atoms with Crippen LogP contribution in [0.25, 0.3) is 11.0 Å². The maximum Gasteiger partial charge on any atom is 0.251 e. The van der Waals surface area contributed by atoms with Crippen molar-refractivity contribution >= 4 is 16.9 Å². The molecule has 2 fully saturated rings. The smallest absolute Gasteiger partial charge is 0.251 e. The number of carbonyl (C=O) groups is 1. The molecule has 1 saturated heterocycles. The van der Waals surface area contributed by atoms with E-state index < -0.39 is 0 Å². The summed E-state index contributed by atoms with van der Waals surface area (Å²) in [6, 6.07) is 7.66. The second-order valence-electron chi connectivity index (χ2n) is 6.69. The fraction of sp³-hybridized carbons (Fsp3) is 0.500. The van der Waals surface area contributed by atoms with Crippen LogP contribution in [0.2, 0.25) is 0 Å². The van der Waals surface area contributed by atoms with Crippen molar-refractivity contribution in [3.05, 3.63) is 35.6 Å². The Kier molecular flexibility index (Phi) is 3.22. The molecule has 1 aromatic carbocycles. The lowest BCUT2D eigenvalue weighted by Gasteiger charge is -2.21. The lowest BCUT2D eigenvalue weighted by molar-refractivity contribution is 0.00988. The average Bonchev–Trinajstić information content (AvgIpc) is 3.19. The summed E-state index contributed by atoms with van der Waals surface area (Å²) in [5.74, 6) is 0.837. The number of amides is 1. The number of hydrogen-bond acceptors (Lipinski definition) is 3. The standard InChI is InChI=1S/C18H21NO3/c1-12-8-14-9-13(4-5-16(14)22-12)17(20)19-15-10-18(21-11-15)6-2-3-7-18/h4-5,8-9,15H,2-3,6-7,10-11H2,1H3,(H,19,20). The first kappa shape index (κ1) is 13.8. The molecular formula is C18H21NO3. The molecule has 1 aliphatic carbocycles. The first-order valence-electron chi connectivity index (χ1n) is 8.09. The number of fused-ring (bicyclic) bond motifs is 1. The van der Waals surface area contributed by atoms with E-state index in [2.05, 4.69) is 5.32 Å². The van der Waals surface area contributed by atoms with Crippen LogP contribution in [0.5, 0.6) is 0 Å². The molecule has 4 heteroatoms. The van der Waals surface area contributed by atoms with Gasteiger partial charge < -0.3 is 14.5 Å². The summed E-state index contributed by atoms with van der Waals surface area (Å²) >= 11 is 0. The number of nitrogens with one attached hydrogen (secondary N) is 1. The summed E-state index contributed by atoms with van der Waals surface area (Å²) in [5, 5.41) is 4.10. The Bertz CT molecular complexity index is 712. The molecule has 1 spiro atoms. The molecule has 4 nitrogen and oxygen atoms in total. The molecule has 116 valence electrons. The molecule has 0 bridgehead atoms. The molecule has 22 heavy (non-hydrogen) atoms. The Morgan fingerprint density at radius 1 is 1.27 bits per heavy atom. The number of hydrogen-bond donors (Lipinski definition) is 1. The molecule has 2 aromatic rings. The molecule has 4 rings (SSSR count). The van der Waals surface area contributed by atoms with Gasteiger partial charge >= 0.3 is 0 Å². The molecule has 1 unspecified atom stereocenters. The Balaban J connectivity index is 1.47. The largest absolute Gasteiger partial charge is 0.461 e. The van der Waals surface area contributed by atoms with Crippen molar-refractivity contribution < 1.29 is 13.9 Å². The predicted molar refractivity (Wildman–Crippen MR) is 84.0 cm³/mol. The summed E-state index contributed by atoms with van der Waals surface area (Å²) in [6.07, 6.45) is 5.72. The van der Waals surface area contributed by atoms with Crippen LogP contribution in [0.15, 0.2) is 28.7 Å². The number of aryl methyl sites for hydroxylation is 1. The van der Waals surface area contributed by atoms with Gasteiger partial charge in [-0.2, -0.15) is 0 Å². The quantitative estimate of drug-likeness (QED) is 0.922. The number of ether oxygens (including phenoxy) is 1. The number of rotatable bonds is 2. The van der Waals surface area contributed by atoms with Gasteiger partial charge in [0.25, 0.3) is 5.91 Å². The van der Waals surface area contributed by atoms with E-state index in [4.69, 9.17) is 9.15 Å². The van der Waals surface area contributed by atoms with Gasteiger partial charge in [-0.3, -0.25) is 4.79 Å².